The average Bonchev–Trinajstić information content (AvgIpc) is 3.23. The van der Waals surface area contributed by atoms with Gasteiger partial charge >= 0.3 is 0 Å². The summed E-state index contributed by atoms with van der Waals surface area (Å²) in [6, 6.07) is 3.94. The number of hydrogen-bond donors (Lipinski definition) is 2. The Labute approximate surface area is 204 Å². The second kappa shape index (κ2) is 12.4. The highest BCUT2D eigenvalue weighted by atomic mass is 35.5. The molecule has 3 rings (SSSR count). The molecular weight excluding hydrogens is 449 g/mol. The molecule has 1 fully saturated rings. The molecule has 0 unspecified atom stereocenters. The minimum atomic E-state index is -0.215. The van der Waals surface area contributed by atoms with Crippen LogP contribution in [0.3, 0.4) is 0 Å². The number of anilines is 1. The molecule has 1 aliphatic rings. The SMILES string of the molecule is CC(C)CN(C(=O)c1cnc(C(C)(C)C)nc1NCc1ccco1)[C@@H]1CCCNC1.Cl.Cl. The third kappa shape index (κ3) is 7.36. The maximum atomic E-state index is 13.7. The van der Waals surface area contributed by atoms with Crippen molar-refractivity contribution >= 4 is 36.5 Å². The predicted molar refractivity (Wildman–Crippen MR) is 133 cm³/mol. The van der Waals surface area contributed by atoms with E-state index >= 15 is 0 Å². The number of halogens is 2. The summed E-state index contributed by atoms with van der Waals surface area (Å²) in [6.45, 7) is 13.5. The molecule has 32 heavy (non-hydrogen) atoms. The van der Waals surface area contributed by atoms with Crippen LogP contribution in [0.15, 0.2) is 29.0 Å². The van der Waals surface area contributed by atoms with Crippen LogP contribution in [-0.2, 0) is 12.0 Å². The van der Waals surface area contributed by atoms with E-state index in [0.717, 1.165) is 31.7 Å². The summed E-state index contributed by atoms with van der Waals surface area (Å²) in [6.07, 6.45) is 5.42. The number of furan rings is 1. The monoisotopic (exact) mass is 485 g/mol. The van der Waals surface area contributed by atoms with Crippen molar-refractivity contribution in [2.75, 3.05) is 25.0 Å². The van der Waals surface area contributed by atoms with E-state index < -0.39 is 0 Å². The molecule has 2 N–H and O–H groups in total. The number of carbonyl (C=O) groups is 1. The summed E-state index contributed by atoms with van der Waals surface area (Å²) in [5, 5.41) is 6.74. The smallest absolute Gasteiger partial charge is 0.259 e. The molecule has 9 heteroatoms. The van der Waals surface area contributed by atoms with Gasteiger partial charge in [0, 0.05) is 30.7 Å². The fraction of sp³-hybridized carbons (Fsp3) is 0.609. The van der Waals surface area contributed by atoms with E-state index in [0.29, 0.717) is 36.2 Å². The number of nitrogens with zero attached hydrogens (tertiary/aromatic N) is 3. The molecule has 3 heterocycles. The molecular formula is C23H37Cl2N5O2. The summed E-state index contributed by atoms with van der Waals surface area (Å²) in [7, 11) is 0. The first-order chi connectivity index (χ1) is 14.3. The fourth-order valence-corrected chi connectivity index (χ4v) is 3.66. The van der Waals surface area contributed by atoms with Crippen LogP contribution in [0.4, 0.5) is 5.82 Å². The van der Waals surface area contributed by atoms with Crippen molar-refractivity contribution in [1.29, 1.82) is 0 Å². The van der Waals surface area contributed by atoms with Crippen LogP contribution in [0.1, 0.15) is 69.4 Å². The van der Waals surface area contributed by atoms with E-state index in [1.54, 1.807) is 12.5 Å². The standard InChI is InChI=1S/C23H35N5O2.2ClH/c1-16(2)15-28(17-8-6-10-24-12-17)21(29)19-14-26-22(23(3,4)5)27-20(19)25-13-18-9-7-11-30-18;;/h7,9,11,14,16-17,24H,6,8,10,12-13,15H2,1-5H3,(H,25,26,27);2*1H/t17-;;/m1../s1. The average molecular weight is 486 g/mol. The van der Waals surface area contributed by atoms with Gasteiger partial charge in [-0.25, -0.2) is 9.97 Å². The minimum absolute atomic E-state index is 0. The third-order valence-electron chi connectivity index (χ3n) is 5.23. The highest BCUT2D eigenvalue weighted by Crippen LogP contribution is 2.25. The maximum absolute atomic E-state index is 13.7. The van der Waals surface area contributed by atoms with Gasteiger partial charge < -0.3 is 20.0 Å². The number of nitrogens with one attached hydrogen (secondary N) is 2. The quantitative estimate of drug-likeness (QED) is 0.592. The topological polar surface area (TPSA) is 83.3 Å². The van der Waals surface area contributed by atoms with Gasteiger partial charge in [0.2, 0.25) is 0 Å². The van der Waals surface area contributed by atoms with Gasteiger partial charge in [-0.2, -0.15) is 0 Å². The lowest BCUT2D eigenvalue weighted by Gasteiger charge is -2.36. The normalized spacial score (nSPS) is 16.1. The van der Waals surface area contributed by atoms with Gasteiger partial charge in [-0.1, -0.05) is 34.6 Å². The fourth-order valence-electron chi connectivity index (χ4n) is 3.66. The van der Waals surface area contributed by atoms with Crippen LogP contribution in [0.5, 0.6) is 0 Å². The van der Waals surface area contributed by atoms with E-state index in [-0.39, 0.29) is 42.2 Å². The van der Waals surface area contributed by atoms with Gasteiger partial charge in [0.1, 0.15) is 23.0 Å². The lowest BCUT2D eigenvalue weighted by Crippen LogP contribution is -2.50. The molecule has 2 aromatic rings. The Bertz CT molecular complexity index is 831. The van der Waals surface area contributed by atoms with Crippen LogP contribution in [0, 0.1) is 5.92 Å². The van der Waals surface area contributed by atoms with Crippen molar-refractivity contribution in [1.82, 2.24) is 20.2 Å². The Morgan fingerprint density at radius 1 is 1.34 bits per heavy atom. The Morgan fingerprint density at radius 2 is 2.09 bits per heavy atom. The molecule has 1 atom stereocenters. The van der Waals surface area contributed by atoms with Crippen LogP contribution in [0.25, 0.3) is 0 Å². The largest absolute Gasteiger partial charge is 0.467 e. The van der Waals surface area contributed by atoms with E-state index in [2.05, 4.69) is 50.2 Å². The zero-order valence-electron chi connectivity index (χ0n) is 19.7. The lowest BCUT2D eigenvalue weighted by atomic mass is 9.95. The number of carbonyl (C=O) groups excluding carboxylic acids is 1. The Hall–Kier alpha value is -1.83. The molecule has 180 valence electrons. The number of hydrogen-bond acceptors (Lipinski definition) is 6. The highest BCUT2D eigenvalue weighted by molar-refractivity contribution is 5.98. The molecule has 7 nitrogen and oxygen atoms in total. The van der Waals surface area contributed by atoms with E-state index in [9.17, 15) is 4.79 Å². The summed E-state index contributed by atoms with van der Waals surface area (Å²) in [5.74, 6) is 2.43. The second-order valence-electron chi connectivity index (χ2n) is 9.49. The molecule has 2 aromatic heterocycles. The predicted octanol–water partition coefficient (Wildman–Crippen LogP) is 4.67. The second-order valence-corrected chi connectivity index (χ2v) is 9.49. The van der Waals surface area contributed by atoms with Gasteiger partial charge in [-0.15, -0.1) is 24.8 Å². The Balaban J connectivity index is 0.00000256. The summed E-state index contributed by atoms with van der Waals surface area (Å²) in [4.78, 5) is 25.0. The van der Waals surface area contributed by atoms with Crippen LogP contribution < -0.4 is 10.6 Å². The molecule has 0 radical (unpaired) electrons. The third-order valence-corrected chi connectivity index (χ3v) is 5.23. The van der Waals surface area contributed by atoms with Crippen LogP contribution in [0.2, 0.25) is 0 Å². The first kappa shape index (κ1) is 28.2. The van der Waals surface area contributed by atoms with Gasteiger partial charge in [0.25, 0.3) is 5.91 Å². The minimum Gasteiger partial charge on any atom is -0.467 e. The van der Waals surface area contributed by atoms with E-state index in [4.69, 9.17) is 9.40 Å². The summed E-state index contributed by atoms with van der Waals surface area (Å²) in [5.41, 5.74) is 0.300. The Kier molecular flexibility index (Phi) is 10.9. The zero-order chi connectivity index (χ0) is 21.7. The summed E-state index contributed by atoms with van der Waals surface area (Å²) >= 11 is 0. The molecule has 0 spiro atoms. The maximum Gasteiger partial charge on any atom is 0.259 e. The van der Waals surface area contributed by atoms with Gasteiger partial charge in [-0.3, -0.25) is 4.79 Å². The molecule has 1 saturated heterocycles. The summed E-state index contributed by atoms with van der Waals surface area (Å²) < 4.78 is 5.44. The van der Waals surface area contributed by atoms with Gasteiger partial charge in [0.15, 0.2) is 0 Å². The molecule has 1 amide bonds. The van der Waals surface area contributed by atoms with Gasteiger partial charge in [0.05, 0.1) is 12.8 Å². The Morgan fingerprint density at radius 3 is 2.66 bits per heavy atom. The molecule has 0 aromatic carbocycles. The highest BCUT2D eigenvalue weighted by Gasteiger charge is 2.30. The molecule has 0 aliphatic carbocycles. The van der Waals surface area contributed by atoms with Crippen molar-refractivity contribution in [3.8, 4) is 0 Å². The zero-order valence-corrected chi connectivity index (χ0v) is 21.3. The van der Waals surface area contributed by atoms with E-state index in [1.165, 1.54) is 0 Å². The number of amides is 1. The van der Waals surface area contributed by atoms with Crippen molar-refractivity contribution in [2.45, 2.75) is 65.5 Å². The van der Waals surface area contributed by atoms with E-state index in [1.807, 2.05) is 17.0 Å². The number of rotatable bonds is 7. The number of aromatic nitrogens is 2. The first-order valence-electron chi connectivity index (χ1n) is 10.9. The van der Waals surface area contributed by atoms with Crippen molar-refractivity contribution < 1.29 is 9.21 Å². The van der Waals surface area contributed by atoms with Crippen LogP contribution in [-0.4, -0.2) is 46.5 Å². The van der Waals surface area contributed by atoms with Crippen molar-refractivity contribution in [3.63, 3.8) is 0 Å². The lowest BCUT2D eigenvalue weighted by molar-refractivity contribution is 0.0620. The first-order valence-corrected chi connectivity index (χ1v) is 10.9. The van der Waals surface area contributed by atoms with Gasteiger partial charge in [-0.05, 0) is 37.4 Å². The van der Waals surface area contributed by atoms with Crippen molar-refractivity contribution in [3.05, 3.63) is 41.7 Å². The molecule has 0 bridgehead atoms. The number of piperidine rings is 1. The van der Waals surface area contributed by atoms with Crippen LogP contribution >= 0.6 is 24.8 Å². The van der Waals surface area contributed by atoms with Crippen molar-refractivity contribution in [2.24, 2.45) is 5.92 Å². The molecule has 0 saturated carbocycles. The molecule has 1 aliphatic heterocycles.